The number of ether oxygens (including phenoxy) is 2. The lowest BCUT2D eigenvalue weighted by Gasteiger charge is -2.21. The molecule has 7 atom stereocenters. The van der Waals surface area contributed by atoms with E-state index in [1.807, 2.05) is 0 Å². The zero-order chi connectivity index (χ0) is 38.3. The third-order valence-corrected chi connectivity index (χ3v) is 10.2. The van der Waals surface area contributed by atoms with Crippen LogP contribution >= 0.6 is 0 Å². The van der Waals surface area contributed by atoms with Crippen molar-refractivity contribution in [1.82, 2.24) is 39.0 Å². The van der Waals surface area contributed by atoms with Crippen molar-refractivity contribution in [3.8, 4) is 0 Å². The van der Waals surface area contributed by atoms with E-state index in [2.05, 4.69) is 40.5 Å². The lowest BCUT2D eigenvalue weighted by molar-refractivity contribution is -0.118. The smallest absolute Gasteiger partial charge is 0.280 e. The summed E-state index contributed by atoms with van der Waals surface area (Å²) >= 11 is 0. The van der Waals surface area contributed by atoms with Gasteiger partial charge in [-0.2, -0.15) is 13.4 Å². The number of aliphatic hydroxyl groups is 2. The predicted octanol–water partition coefficient (Wildman–Crippen LogP) is 0.788. The van der Waals surface area contributed by atoms with E-state index in [0.29, 0.717) is 5.56 Å². The molecule has 6 heterocycles. The quantitative estimate of drug-likeness (QED) is 0.110. The third kappa shape index (κ3) is 7.30. The summed E-state index contributed by atoms with van der Waals surface area (Å²) in [5, 5.41) is 25.7. The molecule has 0 unspecified atom stereocenters. The van der Waals surface area contributed by atoms with Crippen molar-refractivity contribution in [3.63, 3.8) is 0 Å². The monoisotopic (exact) mass is 770 g/mol. The summed E-state index contributed by atoms with van der Waals surface area (Å²) in [5.41, 5.74) is -0.254. The minimum Gasteiger partial charge on any atom is -0.394 e. The van der Waals surface area contributed by atoms with Crippen molar-refractivity contribution in [2.24, 2.45) is 5.92 Å². The van der Waals surface area contributed by atoms with Gasteiger partial charge in [-0.1, -0.05) is 32.0 Å². The van der Waals surface area contributed by atoms with Crippen LogP contribution in [0.3, 0.4) is 0 Å². The Labute approximate surface area is 304 Å². The number of H-pyrrole nitrogens is 1. The fourth-order valence-electron chi connectivity index (χ4n) is 6.16. The Balaban J connectivity index is 1.04. The first kappa shape index (κ1) is 37.1. The Morgan fingerprint density at radius 1 is 1.04 bits per heavy atom. The van der Waals surface area contributed by atoms with E-state index >= 15 is 4.39 Å². The van der Waals surface area contributed by atoms with E-state index in [4.69, 9.17) is 13.7 Å². The number of hydrogen-bond donors (Lipinski definition) is 5. The van der Waals surface area contributed by atoms with Gasteiger partial charge in [0, 0.05) is 17.9 Å². The van der Waals surface area contributed by atoms with Crippen LogP contribution < -0.4 is 16.2 Å². The third-order valence-electron chi connectivity index (χ3n) is 8.94. The number of halogens is 1. The van der Waals surface area contributed by atoms with E-state index in [1.54, 1.807) is 44.2 Å². The topological polar surface area (TPSA) is 268 Å². The summed E-state index contributed by atoms with van der Waals surface area (Å²) < 4.78 is 61.9. The van der Waals surface area contributed by atoms with Gasteiger partial charge in [0.2, 0.25) is 11.9 Å². The molecule has 54 heavy (non-hydrogen) atoms. The molecule has 286 valence electrons. The summed E-state index contributed by atoms with van der Waals surface area (Å²) in [6.45, 7) is 2.82. The van der Waals surface area contributed by atoms with Gasteiger partial charge >= 0.3 is 0 Å². The van der Waals surface area contributed by atoms with Crippen LogP contribution in [0.4, 0.5) is 16.2 Å². The van der Waals surface area contributed by atoms with Crippen LogP contribution in [0.5, 0.6) is 0 Å². The van der Waals surface area contributed by atoms with E-state index in [0.717, 1.165) is 6.33 Å². The number of benzene rings is 1. The molecule has 0 radical (unpaired) electrons. The Hall–Kier alpha value is -5.26. The molecule has 2 saturated heterocycles. The van der Waals surface area contributed by atoms with Crippen molar-refractivity contribution in [2.75, 3.05) is 23.0 Å². The fourth-order valence-corrected chi connectivity index (χ4v) is 7.33. The molecule has 2 amide bonds. The summed E-state index contributed by atoms with van der Waals surface area (Å²) in [4.78, 5) is 60.9. The molecule has 2 fully saturated rings. The number of imidazole rings is 2. The number of amides is 2. The second kappa shape index (κ2) is 14.9. The molecule has 1 aromatic carbocycles. The number of aromatic amines is 1. The average Bonchev–Trinajstić information content (AvgIpc) is 3.93. The number of nitrogens with zero attached hydrogens (tertiary/aromatic N) is 7. The van der Waals surface area contributed by atoms with Gasteiger partial charge in [0.05, 0.1) is 37.2 Å². The van der Waals surface area contributed by atoms with E-state index in [-0.39, 0.29) is 46.9 Å². The number of carbonyl (C=O) groups excluding carboxylic acids is 2. The molecule has 2 aliphatic heterocycles. The number of aliphatic hydroxyl groups excluding tert-OH is 2. The molecule has 20 nitrogen and oxygen atoms in total. The van der Waals surface area contributed by atoms with Crippen LogP contribution in [-0.4, -0.2) is 112 Å². The second-order valence-corrected chi connectivity index (χ2v) is 14.7. The molecule has 22 heteroatoms. The molecule has 7 rings (SSSR count). The van der Waals surface area contributed by atoms with Crippen LogP contribution in [0.25, 0.3) is 22.3 Å². The van der Waals surface area contributed by atoms with E-state index in [9.17, 15) is 33.0 Å². The van der Waals surface area contributed by atoms with E-state index in [1.165, 1.54) is 21.8 Å². The SMILES string of the molecule is CC(C)C(=O)Nc1nc2c(ncn2[C@@H]2O[C@H](CO)C[C@H]2OS(=O)(=O)CC[C@H]2O[C@@H](n3cnc4c(NC(=O)c5ccccc5)ncnc43)[C@@H](F)[C@@H]2O)c(=O)[nH]1. The van der Waals surface area contributed by atoms with Gasteiger partial charge in [0.15, 0.2) is 46.8 Å². The Bertz CT molecular complexity index is 2350. The summed E-state index contributed by atoms with van der Waals surface area (Å²) in [7, 11) is -4.42. The lowest BCUT2D eigenvalue weighted by atomic mass is 10.1. The minimum atomic E-state index is -4.42. The molecule has 5 N–H and O–H groups in total. The highest BCUT2D eigenvalue weighted by Gasteiger charge is 2.47. The first-order chi connectivity index (χ1) is 25.8. The first-order valence-electron chi connectivity index (χ1n) is 16.8. The van der Waals surface area contributed by atoms with Crippen molar-refractivity contribution < 1.29 is 46.3 Å². The maximum Gasteiger partial charge on any atom is 0.280 e. The summed E-state index contributed by atoms with van der Waals surface area (Å²) in [5.74, 6) is -2.12. The number of rotatable bonds is 12. The number of fused-ring (bicyclic) bond motifs is 2. The molecule has 0 bridgehead atoms. The molecule has 4 aromatic heterocycles. The average molecular weight is 771 g/mol. The highest BCUT2D eigenvalue weighted by atomic mass is 32.2. The zero-order valence-electron chi connectivity index (χ0n) is 28.6. The van der Waals surface area contributed by atoms with Gasteiger partial charge < -0.3 is 25.0 Å². The minimum absolute atomic E-state index is 0.0436. The van der Waals surface area contributed by atoms with Crippen molar-refractivity contribution in [1.29, 1.82) is 0 Å². The number of alkyl halides is 1. The number of anilines is 2. The number of hydrogen-bond acceptors (Lipinski definition) is 15. The maximum atomic E-state index is 15.6. The highest BCUT2D eigenvalue weighted by Crippen LogP contribution is 2.37. The molecule has 0 spiro atoms. The van der Waals surface area contributed by atoms with Crippen LogP contribution in [0.15, 0.2) is 54.1 Å². The normalized spacial score (nSPS) is 24.4. The van der Waals surface area contributed by atoms with Crippen molar-refractivity contribution in [3.05, 3.63) is 65.2 Å². The highest BCUT2D eigenvalue weighted by molar-refractivity contribution is 7.86. The molecule has 2 aliphatic rings. The molecule has 0 saturated carbocycles. The van der Waals surface area contributed by atoms with Crippen LogP contribution in [-0.2, 0) is 28.6 Å². The molecule has 5 aromatic rings. The number of carbonyl (C=O) groups is 2. The van der Waals surface area contributed by atoms with Gasteiger partial charge in [0.25, 0.3) is 21.6 Å². The van der Waals surface area contributed by atoms with Crippen molar-refractivity contribution in [2.45, 2.75) is 69.7 Å². The van der Waals surface area contributed by atoms with Gasteiger partial charge in [-0.25, -0.2) is 24.3 Å². The summed E-state index contributed by atoms with van der Waals surface area (Å²) in [6.07, 6.45) is -6.74. The van der Waals surface area contributed by atoms with Gasteiger partial charge in [0.1, 0.15) is 18.5 Å². The zero-order valence-corrected chi connectivity index (χ0v) is 29.5. The Morgan fingerprint density at radius 2 is 1.76 bits per heavy atom. The lowest BCUT2D eigenvalue weighted by Crippen LogP contribution is -2.31. The standard InChI is InChI=1S/C32H35FN10O10S/c1-15(2)27(46)40-32-39-26-22(29(48)41-32)37-14-43(26)30-19(10-17(11-44)51-30)53-54(49,50)9-8-18-23(45)20(33)31(52-18)42-13-36-21-24(34-12-35-25(21)42)38-28(47)16-6-4-3-5-7-16/h3-7,12-15,17-20,23,30-31,44-45H,8-11H2,1-2H3,(H,34,35,38,47)(H2,39,40,41,46,48)/t17-,18+,19+,20-,23+,30+,31+/m0/s1. The predicted molar refractivity (Wildman–Crippen MR) is 185 cm³/mol. The second-order valence-electron chi connectivity index (χ2n) is 13.0. The molecular weight excluding hydrogens is 735 g/mol. The number of nitrogens with one attached hydrogen (secondary N) is 3. The van der Waals surface area contributed by atoms with Gasteiger partial charge in [-0.3, -0.25) is 38.0 Å². The van der Waals surface area contributed by atoms with Crippen LogP contribution in [0, 0.1) is 5.92 Å². The summed E-state index contributed by atoms with van der Waals surface area (Å²) in [6, 6.07) is 8.37. The fraction of sp³-hybridized carbons (Fsp3) is 0.438. The van der Waals surface area contributed by atoms with Gasteiger partial charge in [-0.15, -0.1) is 0 Å². The molecular formula is C32H35FN10O10S. The first-order valence-corrected chi connectivity index (χ1v) is 18.4. The Morgan fingerprint density at radius 3 is 2.48 bits per heavy atom. The van der Waals surface area contributed by atoms with Gasteiger partial charge in [-0.05, 0) is 18.6 Å². The number of aromatic nitrogens is 8. The molecule has 0 aliphatic carbocycles. The maximum absolute atomic E-state index is 15.6. The van der Waals surface area contributed by atoms with Crippen LogP contribution in [0.1, 0.15) is 49.5 Å². The Kier molecular flexibility index (Phi) is 10.2. The van der Waals surface area contributed by atoms with Crippen molar-refractivity contribution >= 4 is 56.0 Å². The van der Waals surface area contributed by atoms with E-state index < -0.39 is 88.8 Å². The van der Waals surface area contributed by atoms with Crippen LogP contribution in [0.2, 0.25) is 0 Å². The largest absolute Gasteiger partial charge is 0.394 e.